The predicted octanol–water partition coefficient (Wildman–Crippen LogP) is 2.96. The average Bonchev–Trinajstić information content (AvgIpc) is 2.29. The minimum Gasteiger partial charge on any atom is -0.436 e. The number of benzene rings is 1. The Kier molecular flexibility index (Phi) is 3.74. The monoisotopic (exact) mass is 238 g/mol. The van der Waals surface area contributed by atoms with Gasteiger partial charge in [0.25, 0.3) is 0 Å². The predicted molar refractivity (Wildman–Crippen MR) is 59.6 cm³/mol. The van der Waals surface area contributed by atoms with E-state index >= 15 is 0 Å². The summed E-state index contributed by atoms with van der Waals surface area (Å²) >= 11 is 0. The molecule has 1 fully saturated rings. The van der Waals surface area contributed by atoms with Crippen LogP contribution in [0.3, 0.4) is 0 Å². The molecule has 0 saturated carbocycles. The van der Waals surface area contributed by atoms with Crippen LogP contribution in [0.2, 0.25) is 0 Å². The van der Waals surface area contributed by atoms with Crippen LogP contribution in [0.4, 0.5) is 4.39 Å². The first-order chi connectivity index (χ1) is 8.15. The van der Waals surface area contributed by atoms with Crippen LogP contribution in [0.25, 0.3) is 0 Å². The number of hydrogen-bond acceptors (Lipinski definition) is 3. The first-order valence-corrected chi connectivity index (χ1v) is 5.73. The Balaban J connectivity index is 2.01. The molecule has 0 amide bonds. The van der Waals surface area contributed by atoms with Gasteiger partial charge in [-0.15, -0.1) is 0 Å². The van der Waals surface area contributed by atoms with Crippen LogP contribution in [0.1, 0.15) is 37.9 Å². The third-order valence-electron chi connectivity index (χ3n) is 2.76. The molecule has 2 rings (SSSR count). The van der Waals surface area contributed by atoms with Crippen LogP contribution in [-0.2, 0) is 14.3 Å². The number of halogens is 1. The number of ether oxygens (including phenoxy) is 2. The number of carbonyl (C=O) groups is 1. The van der Waals surface area contributed by atoms with Crippen LogP contribution in [0.15, 0.2) is 24.3 Å². The van der Waals surface area contributed by atoms with Gasteiger partial charge < -0.3 is 9.47 Å². The Hall–Kier alpha value is -1.42. The van der Waals surface area contributed by atoms with Gasteiger partial charge in [0.05, 0.1) is 6.10 Å². The zero-order chi connectivity index (χ0) is 12.3. The molecule has 17 heavy (non-hydrogen) atoms. The van der Waals surface area contributed by atoms with Gasteiger partial charge in [-0.05, 0) is 30.5 Å². The maximum Gasteiger partial charge on any atom is 0.304 e. The summed E-state index contributed by atoms with van der Waals surface area (Å²) in [4.78, 5) is 10.8. The van der Waals surface area contributed by atoms with E-state index in [1.165, 1.54) is 19.1 Å². The fraction of sp³-hybridized carbons (Fsp3) is 0.462. The number of carbonyl (C=O) groups excluding carboxylic acids is 1. The Morgan fingerprint density at radius 3 is 2.71 bits per heavy atom. The fourth-order valence-electron chi connectivity index (χ4n) is 1.98. The summed E-state index contributed by atoms with van der Waals surface area (Å²) < 4.78 is 23.5. The lowest BCUT2D eigenvalue weighted by Crippen LogP contribution is -2.26. The topological polar surface area (TPSA) is 35.5 Å². The van der Waals surface area contributed by atoms with Gasteiger partial charge in [0, 0.05) is 13.3 Å². The fourth-order valence-corrected chi connectivity index (χ4v) is 1.98. The van der Waals surface area contributed by atoms with Crippen molar-refractivity contribution in [1.29, 1.82) is 0 Å². The highest BCUT2D eigenvalue weighted by Crippen LogP contribution is 2.31. The molecule has 1 aromatic carbocycles. The standard InChI is InChI=1S/C13H15FO3/c1-9(15)16-13-4-2-3-12(17-13)10-5-7-11(14)8-6-10/h5-8,12-13H,2-4H2,1H3. The molecule has 92 valence electrons. The van der Waals surface area contributed by atoms with Gasteiger partial charge in [0.2, 0.25) is 6.29 Å². The van der Waals surface area contributed by atoms with Crippen LogP contribution in [0.5, 0.6) is 0 Å². The van der Waals surface area contributed by atoms with E-state index in [-0.39, 0.29) is 17.9 Å². The second-order valence-electron chi connectivity index (χ2n) is 4.15. The minimum absolute atomic E-state index is 0.117. The molecule has 0 spiro atoms. The summed E-state index contributed by atoms with van der Waals surface area (Å²) in [5.74, 6) is -0.601. The quantitative estimate of drug-likeness (QED) is 0.743. The van der Waals surface area contributed by atoms with Crippen molar-refractivity contribution in [2.24, 2.45) is 0 Å². The molecule has 1 aliphatic rings. The molecule has 1 aliphatic heterocycles. The van der Waals surface area contributed by atoms with Crippen molar-refractivity contribution < 1.29 is 18.7 Å². The van der Waals surface area contributed by atoms with Crippen molar-refractivity contribution >= 4 is 5.97 Å². The van der Waals surface area contributed by atoms with Crippen molar-refractivity contribution in [1.82, 2.24) is 0 Å². The second kappa shape index (κ2) is 5.27. The lowest BCUT2D eigenvalue weighted by Gasteiger charge is -2.29. The maximum atomic E-state index is 12.8. The maximum absolute atomic E-state index is 12.8. The zero-order valence-electron chi connectivity index (χ0n) is 9.69. The average molecular weight is 238 g/mol. The summed E-state index contributed by atoms with van der Waals surface area (Å²) in [6.07, 6.45) is 1.92. The van der Waals surface area contributed by atoms with Gasteiger partial charge >= 0.3 is 5.97 Å². The molecule has 2 unspecified atom stereocenters. The van der Waals surface area contributed by atoms with Crippen molar-refractivity contribution in [3.8, 4) is 0 Å². The summed E-state index contributed by atoms with van der Waals surface area (Å²) in [7, 11) is 0. The Bertz CT molecular complexity index is 388. The molecule has 1 heterocycles. The lowest BCUT2D eigenvalue weighted by atomic mass is 10.0. The lowest BCUT2D eigenvalue weighted by molar-refractivity contribution is -0.201. The second-order valence-corrected chi connectivity index (χ2v) is 4.15. The molecule has 0 aromatic heterocycles. The summed E-state index contributed by atoms with van der Waals surface area (Å²) in [6.45, 7) is 1.37. The van der Waals surface area contributed by atoms with E-state index in [9.17, 15) is 9.18 Å². The van der Waals surface area contributed by atoms with E-state index in [2.05, 4.69) is 0 Å². The first kappa shape index (κ1) is 12.0. The van der Waals surface area contributed by atoms with Crippen molar-refractivity contribution in [2.75, 3.05) is 0 Å². The third kappa shape index (κ3) is 3.27. The van der Waals surface area contributed by atoms with Gasteiger partial charge in [-0.2, -0.15) is 0 Å². The molecule has 2 atom stereocenters. The van der Waals surface area contributed by atoms with Crippen LogP contribution < -0.4 is 0 Å². The number of esters is 1. The Morgan fingerprint density at radius 2 is 2.06 bits per heavy atom. The number of hydrogen-bond donors (Lipinski definition) is 0. The summed E-state index contributed by atoms with van der Waals surface area (Å²) in [6, 6.07) is 6.23. The highest BCUT2D eigenvalue weighted by molar-refractivity contribution is 5.66. The SMILES string of the molecule is CC(=O)OC1CCCC(c2ccc(F)cc2)O1. The van der Waals surface area contributed by atoms with Gasteiger partial charge in [0.1, 0.15) is 5.82 Å². The van der Waals surface area contributed by atoms with E-state index in [0.29, 0.717) is 0 Å². The van der Waals surface area contributed by atoms with Crippen molar-refractivity contribution in [3.63, 3.8) is 0 Å². The molecule has 0 bridgehead atoms. The third-order valence-corrected chi connectivity index (χ3v) is 2.76. The molecule has 3 nitrogen and oxygen atoms in total. The van der Waals surface area contributed by atoms with Gasteiger partial charge in [0.15, 0.2) is 0 Å². The van der Waals surface area contributed by atoms with Crippen LogP contribution >= 0.6 is 0 Å². The highest BCUT2D eigenvalue weighted by atomic mass is 19.1. The van der Waals surface area contributed by atoms with Gasteiger partial charge in [-0.1, -0.05) is 12.1 Å². The summed E-state index contributed by atoms with van der Waals surface area (Å²) in [5.41, 5.74) is 0.920. The van der Waals surface area contributed by atoms with Crippen LogP contribution in [0, 0.1) is 5.82 Å². The van der Waals surface area contributed by atoms with Gasteiger partial charge in [-0.3, -0.25) is 4.79 Å². The minimum atomic E-state index is -0.476. The van der Waals surface area contributed by atoms with E-state index in [1.54, 1.807) is 12.1 Å². The smallest absolute Gasteiger partial charge is 0.304 e. The Morgan fingerprint density at radius 1 is 1.35 bits per heavy atom. The molecule has 0 N–H and O–H groups in total. The first-order valence-electron chi connectivity index (χ1n) is 5.73. The van der Waals surface area contributed by atoms with E-state index in [1.807, 2.05) is 0 Å². The molecule has 4 heteroatoms. The molecule has 1 aromatic rings. The number of rotatable bonds is 2. The van der Waals surface area contributed by atoms with E-state index in [4.69, 9.17) is 9.47 Å². The highest BCUT2D eigenvalue weighted by Gasteiger charge is 2.25. The van der Waals surface area contributed by atoms with E-state index < -0.39 is 6.29 Å². The Labute approximate surface area is 99.5 Å². The molecular formula is C13H15FO3. The molecule has 1 saturated heterocycles. The van der Waals surface area contributed by atoms with Gasteiger partial charge in [-0.25, -0.2) is 4.39 Å². The largest absolute Gasteiger partial charge is 0.436 e. The molecular weight excluding hydrogens is 223 g/mol. The summed E-state index contributed by atoms with van der Waals surface area (Å²) in [5, 5.41) is 0. The zero-order valence-corrected chi connectivity index (χ0v) is 9.69. The normalized spacial score (nSPS) is 24.4. The molecule has 0 radical (unpaired) electrons. The van der Waals surface area contributed by atoms with Crippen molar-refractivity contribution in [3.05, 3.63) is 35.6 Å². The van der Waals surface area contributed by atoms with Crippen molar-refractivity contribution in [2.45, 2.75) is 38.6 Å². The van der Waals surface area contributed by atoms with Crippen LogP contribution in [-0.4, -0.2) is 12.3 Å². The molecule has 0 aliphatic carbocycles. The van der Waals surface area contributed by atoms with E-state index in [0.717, 1.165) is 24.8 Å².